The van der Waals surface area contributed by atoms with Gasteiger partial charge in [-0.25, -0.2) is 4.79 Å². The van der Waals surface area contributed by atoms with Crippen molar-refractivity contribution in [2.24, 2.45) is 16.5 Å². The summed E-state index contributed by atoms with van der Waals surface area (Å²) >= 11 is 12.1. The van der Waals surface area contributed by atoms with Gasteiger partial charge < -0.3 is 26.7 Å². The third-order valence-corrected chi connectivity index (χ3v) is 5.44. The molecule has 1 aromatic heterocycles. The zero-order chi connectivity index (χ0) is 20.5. The molecular formula is C20H21Cl3N6O. The monoisotopic (exact) mass is 466 g/mol. The Hall–Kier alpha value is -2.61. The van der Waals surface area contributed by atoms with Crippen LogP contribution in [0.25, 0.3) is 10.9 Å². The van der Waals surface area contributed by atoms with Crippen LogP contribution in [0.3, 0.4) is 0 Å². The zero-order valence-electron chi connectivity index (χ0n) is 15.9. The van der Waals surface area contributed by atoms with Crippen LogP contribution in [0, 0.1) is 0 Å². The molecule has 0 saturated heterocycles. The van der Waals surface area contributed by atoms with E-state index in [2.05, 4.69) is 15.3 Å². The molecule has 3 aromatic rings. The Morgan fingerprint density at radius 3 is 2.57 bits per heavy atom. The van der Waals surface area contributed by atoms with E-state index in [1.807, 2.05) is 18.2 Å². The van der Waals surface area contributed by atoms with Gasteiger partial charge in [-0.05, 0) is 48.0 Å². The van der Waals surface area contributed by atoms with Crippen molar-refractivity contribution >= 4 is 64.2 Å². The molecule has 1 unspecified atom stereocenters. The summed E-state index contributed by atoms with van der Waals surface area (Å²) in [6, 6.07) is 12.5. The first-order valence-corrected chi connectivity index (χ1v) is 9.83. The summed E-state index contributed by atoms with van der Waals surface area (Å²) in [7, 11) is 0. The number of nitrogens with one attached hydrogen (secondary N) is 2. The van der Waals surface area contributed by atoms with E-state index >= 15 is 0 Å². The molecule has 1 atom stereocenters. The Morgan fingerprint density at radius 2 is 1.87 bits per heavy atom. The van der Waals surface area contributed by atoms with Gasteiger partial charge in [0.25, 0.3) is 0 Å². The zero-order valence-corrected chi connectivity index (χ0v) is 18.2. The van der Waals surface area contributed by atoms with Gasteiger partial charge in [-0.3, -0.25) is 4.99 Å². The molecule has 0 aliphatic carbocycles. The quantitative estimate of drug-likeness (QED) is 0.340. The second-order valence-electron chi connectivity index (χ2n) is 6.99. The molecule has 6 N–H and O–H groups in total. The number of halogens is 3. The highest BCUT2D eigenvalue weighted by molar-refractivity contribution is 6.31. The molecule has 1 aliphatic heterocycles. The van der Waals surface area contributed by atoms with Crippen molar-refractivity contribution in [2.75, 3.05) is 18.4 Å². The molecular weight excluding hydrogens is 447 g/mol. The number of amides is 2. The molecule has 2 aromatic carbocycles. The molecule has 0 radical (unpaired) electrons. The van der Waals surface area contributed by atoms with Crippen LogP contribution in [0.2, 0.25) is 10.0 Å². The fourth-order valence-corrected chi connectivity index (χ4v) is 4.00. The van der Waals surface area contributed by atoms with E-state index < -0.39 is 0 Å². The Bertz CT molecular complexity index is 1090. The van der Waals surface area contributed by atoms with Gasteiger partial charge in [-0.1, -0.05) is 23.2 Å². The fraction of sp³-hybridized carbons (Fsp3) is 0.200. The predicted octanol–water partition coefficient (Wildman–Crippen LogP) is 4.30. The molecule has 158 valence electrons. The van der Waals surface area contributed by atoms with Crippen LogP contribution >= 0.6 is 35.6 Å². The van der Waals surface area contributed by atoms with Crippen LogP contribution in [-0.4, -0.2) is 35.0 Å². The van der Waals surface area contributed by atoms with Crippen molar-refractivity contribution in [3.05, 3.63) is 63.8 Å². The molecule has 2 heterocycles. The summed E-state index contributed by atoms with van der Waals surface area (Å²) in [4.78, 5) is 22.2. The van der Waals surface area contributed by atoms with Crippen molar-refractivity contribution in [2.45, 2.75) is 12.5 Å². The summed E-state index contributed by atoms with van der Waals surface area (Å²) in [6.45, 7) is 1.29. The first kappa shape index (κ1) is 22.1. The summed E-state index contributed by atoms with van der Waals surface area (Å²) < 4.78 is 0. The molecule has 7 nitrogen and oxygen atoms in total. The van der Waals surface area contributed by atoms with Gasteiger partial charge in [0.1, 0.15) is 0 Å². The number of fused-ring (bicyclic) bond motifs is 3. The van der Waals surface area contributed by atoms with E-state index in [4.69, 9.17) is 34.7 Å². The highest BCUT2D eigenvalue weighted by atomic mass is 35.5. The molecule has 10 heteroatoms. The van der Waals surface area contributed by atoms with Crippen LogP contribution in [0.5, 0.6) is 0 Å². The number of guanidine groups is 1. The average molecular weight is 468 g/mol. The third-order valence-electron chi connectivity index (χ3n) is 4.96. The Balaban J connectivity index is 0.00000256. The number of carbonyl (C=O) groups excluding carboxylic acids is 1. The summed E-state index contributed by atoms with van der Waals surface area (Å²) in [5.41, 5.74) is 14.8. The van der Waals surface area contributed by atoms with Gasteiger partial charge in [-0.15, -0.1) is 12.4 Å². The summed E-state index contributed by atoms with van der Waals surface area (Å²) in [5, 5.41) is 5.20. The molecule has 0 saturated carbocycles. The summed E-state index contributed by atoms with van der Waals surface area (Å²) in [5.74, 6) is -0.0452. The fourth-order valence-electron chi connectivity index (χ4n) is 3.70. The summed E-state index contributed by atoms with van der Waals surface area (Å²) in [6.07, 6.45) is 0. The smallest absolute Gasteiger partial charge is 0.322 e. The minimum atomic E-state index is -0.204. The van der Waals surface area contributed by atoms with Crippen molar-refractivity contribution in [3.63, 3.8) is 0 Å². The van der Waals surface area contributed by atoms with E-state index in [1.54, 1.807) is 29.2 Å². The number of H-pyrrole nitrogens is 1. The van der Waals surface area contributed by atoms with E-state index in [0.717, 1.165) is 22.2 Å². The van der Waals surface area contributed by atoms with E-state index in [-0.39, 0.29) is 30.3 Å². The van der Waals surface area contributed by atoms with Crippen molar-refractivity contribution in [1.82, 2.24) is 9.88 Å². The topological polar surface area (TPSA) is 113 Å². The number of nitrogens with zero attached hydrogens (tertiary/aromatic N) is 2. The first-order valence-electron chi connectivity index (χ1n) is 9.07. The van der Waals surface area contributed by atoms with Crippen LogP contribution in [0.15, 0.2) is 47.5 Å². The number of carbonyl (C=O) groups is 1. The average Bonchev–Trinajstić information content (AvgIpc) is 3.05. The number of hydrogen-bond donors (Lipinski definition) is 4. The highest BCUT2D eigenvalue weighted by Crippen LogP contribution is 2.36. The maximum atomic E-state index is 12.9. The molecule has 30 heavy (non-hydrogen) atoms. The van der Waals surface area contributed by atoms with Gasteiger partial charge in [0.2, 0.25) is 0 Å². The minimum Gasteiger partial charge on any atom is -0.370 e. The number of anilines is 1. The van der Waals surface area contributed by atoms with Gasteiger partial charge in [-0.2, -0.15) is 0 Å². The SMILES string of the molecule is Cl.NC(N)=NCC1CN(C(=O)Nc2ccc(Cl)cc2)Cc2[nH]c3ccc(Cl)cc3c21. The third kappa shape index (κ3) is 4.59. The molecule has 2 amide bonds. The Labute approximate surface area is 189 Å². The maximum absolute atomic E-state index is 12.9. The van der Waals surface area contributed by atoms with Crippen LogP contribution < -0.4 is 16.8 Å². The minimum absolute atomic E-state index is 0. The lowest BCUT2D eigenvalue weighted by Gasteiger charge is -2.32. The number of aliphatic imine (C=N–C) groups is 1. The number of benzene rings is 2. The molecule has 0 spiro atoms. The van der Waals surface area contributed by atoms with Gasteiger partial charge in [0.05, 0.1) is 13.1 Å². The lowest BCUT2D eigenvalue weighted by molar-refractivity contribution is 0.200. The Kier molecular flexibility index (Phi) is 6.65. The van der Waals surface area contributed by atoms with Gasteiger partial charge in [0.15, 0.2) is 5.96 Å². The number of aromatic nitrogens is 1. The molecule has 0 fully saturated rings. The largest absolute Gasteiger partial charge is 0.370 e. The van der Waals surface area contributed by atoms with E-state index in [9.17, 15) is 4.79 Å². The van der Waals surface area contributed by atoms with Crippen LogP contribution in [0.1, 0.15) is 17.2 Å². The lowest BCUT2D eigenvalue weighted by atomic mass is 9.92. The van der Waals surface area contributed by atoms with E-state index in [1.165, 1.54) is 0 Å². The number of nitrogens with two attached hydrogens (primary N) is 2. The van der Waals surface area contributed by atoms with Gasteiger partial charge >= 0.3 is 6.03 Å². The Morgan fingerprint density at radius 1 is 1.17 bits per heavy atom. The van der Waals surface area contributed by atoms with Gasteiger partial charge in [0, 0.05) is 44.8 Å². The number of hydrogen-bond acceptors (Lipinski definition) is 2. The molecule has 4 rings (SSSR count). The van der Waals surface area contributed by atoms with Crippen LogP contribution in [-0.2, 0) is 6.54 Å². The second kappa shape index (κ2) is 9.04. The molecule has 0 bridgehead atoms. The van der Waals surface area contributed by atoms with Crippen molar-refractivity contribution < 1.29 is 4.79 Å². The second-order valence-corrected chi connectivity index (χ2v) is 7.86. The predicted molar refractivity (Wildman–Crippen MR) is 125 cm³/mol. The first-order chi connectivity index (χ1) is 13.9. The number of rotatable bonds is 3. The number of aromatic amines is 1. The van der Waals surface area contributed by atoms with Crippen molar-refractivity contribution in [1.29, 1.82) is 0 Å². The number of urea groups is 1. The van der Waals surface area contributed by atoms with Crippen LogP contribution in [0.4, 0.5) is 10.5 Å². The highest BCUT2D eigenvalue weighted by Gasteiger charge is 2.31. The lowest BCUT2D eigenvalue weighted by Crippen LogP contribution is -2.41. The van der Waals surface area contributed by atoms with E-state index in [0.29, 0.717) is 35.4 Å². The van der Waals surface area contributed by atoms with Crippen molar-refractivity contribution in [3.8, 4) is 0 Å². The normalized spacial score (nSPS) is 15.3. The molecule has 1 aliphatic rings. The maximum Gasteiger partial charge on any atom is 0.322 e. The standard InChI is InChI=1S/C20H20Cl2N6O.ClH/c21-12-1-4-14(5-2-12)26-20(29)28-9-11(8-25-19(23)24)18-15-7-13(22)3-6-16(15)27-17(18)10-28;/h1-7,11,27H,8-10H2,(H,26,29)(H4,23,24,25);1H.